The molecule has 2 saturated heterocycles. The van der Waals surface area contributed by atoms with Crippen molar-refractivity contribution in [2.24, 2.45) is 5.92 Å². The number of amides is 2. The summed E-state index contributed by atoms with van der Waals surface area (Å²) in [5.74, 6) is -3.06. The van der Waals surface area contributed by atoms with Crippen molar-refractivity contribution in [1.29, 1.82) is 0 Å². The molecule has 2 heterocycles. The Kier molecular flexibility index (Phi) is 10.6. The molecule has 0 aromatic heterocycles. The van der Waals surface area contributed by atoms with Crippen LogP contribution in [0.4, 0.5) is 10.1 Å². The third-order valence-corrected chi connectivity index (χ3v) is 10.0. The lowest BCUT2D eigenvalue weighted by molar-refractivity contribution is -0.230. The number of benzene rings is 3. The molecule has 4 unspecified atom stereocenters. The Balaban J connectivity index is 1.46. The number of carbonyl (C=O) groups is 2. The highest BCUT2D eigenvalue weighted by Crippen LogP contribution is 2.37. The first-order valence-electron chi connectivity index (χ1n) is 15.5. The van der Waals surface area contributed by atoms with Crippen LogP contribution in [0, 0.1) is 11.7 Å². The van der Waals surface area contributed by atoms with Crippen molar-refractivity contribution in [3.8, 4) is 0 Å². The number of hydrogen-bond donors (Lipinski definition) is 4. The number of nitrogens with one attached hydrogen (secondary N) is 3. The van der Waals surface area contributed by atoms with Gasteiger partial charge >= 0.3 is 0 Å². The number of rotatable bonds is 11. The molecule has 2 amide bonds. The maximum atomic E-state index is 14.0. The van der Waals surface area contributed by atoms with Gasteiger partial charge in [0.05, 0.1) is 49.3 Å². The van der Waals surface area contributed by atoms with Crippen molar-refractivity contribution in [3.63, 3.8) is 0 Å². The number of carbonyl (C=O) groups excluding carboxylic acids is 2. The standard InChI is InChI=1S/C34H41FN4O7S/c1-22(24-9-11-27(35)12-10-24)37-32(41)25-18-26(20-28(19-25)39(2)47(3,43)44)33(42)38-30(17-23-7-5-4-6-8-23)31(40)29-21-36-14-13-34(29)45-15-16-46-34/h4-12,18-20,22,29-31,36,40H,13-17,21H2,1-3H3,(H,37,41)(H,38,42). The molecule has 3 aromatic rings. The zero-order valence-corrected chi connectivity index (χ0v) is 27.4. The predicted molar refractivity (Wildman–Crippen MR) is 175 cm³/mol. The minimum absolute atomic E-state index is 0.0210. The van der Waals surface area contributed by atoms with Crippen molar-refractivity contribution in [3.05, 3.63) is 101 Å². The lowest BCUT2D eigenvalue weighted by Crippen LogP contribution is -2.60. The molecule has 4 atom stereocenters. The Morgan fingerprint density at radius 2 is 1.64 bits per heavy atom. The molecule has 13 heteroatoms. The number of piperidine rings is 1. The molecule has 5 rings (SSSR count). The lowest BCUT2D eigenvalue weighted by Gasteiger charge is -2.44. The number of anilines is 1. The molecule has 2 aliphatic heterocycles. The Labute approximate surface area is 274 Å². The van der Waals surface area contributed by atoms with Gasteiger partial charge in [-0.1, -0.05) is 42.5 Å². The number of halogens is 1. The molecule has 0 bridgehead atoms. The van der Waals surface area contributed by atoms with Crippen LogP contribution in [0.25, 0.3) is 0 Å². The second-order valence-electron chi connectivity index (χ2n) is 12.1. The normalized spacial score (nSPS) is 19.5. The van der Waals surface area contributed by atoms with Gasteiger partial charge in [0.25, 0.3) is 11.8 Å². The molecule has 11 nitrogen and oxygen atoms in total. The first-order chi connectivity index (χ1) is 22.4. The highest BCUT2D eigenvalue weighted by molar-refractivity contribution is 7.92. The van der Waals surface area contributed by atoms with Gasteiger partial charge in [-0.05, 0) is 54.8 Å². The van der Waals surface area contributed by atoms with Gasteiger partial charge in [0.2, 0.25) is 10.0 Å². The largest absolute Gasteiger partial charge is 0.390 e. The van der Waals surface area contributed by atoms with E-state index in [9.17, 15) is 27.5 Å². The van der Waals surface area contributed by atoms with Crippen molar-refractivity contribution in [1.82, 2.24) is 16.0 Å². The minimum Gasteiger partial charge on any atom is -0.390 e. The van der Waals surface area contributed by atoms with Crippen LogP contribution in [-0.2, 0) is 25.9 Å². The molecule has 0 aliphatic carbocycles. The second-order valence-corrected chi connectivity index (χ2v) is 14.1. The van der Waals surface area contributed by atoms with E-state index in [4.69, 9.17) is 9.47 Å². The van der Waals surface area contributed by atoms with Crippen LogP contribution < -0.4 is 20.3 Å². The van der Waals surface area contributed by atoms with Gasteiger partial charge < -0.3 is 30.5 Å². The number of aliphatic hydroxyl groups is 1. The van der Waals surface area contributed by atoms with E-state index in [-0.39, 0.29) is 23.2 Å². The monoisotopic (exact) mass is 668 g/mol. The van der Waals surface area contributed by atoms with Crippen LogP contribution in [-0.4, -0.2) is 82.9 Å². The van der Waals surface area contributed by atoms with E-state index in [1.807, 2.05) is 30.3 Å². The Bertz CT molecular complexity index is 1670. The van der Waals surface area contributed by atoms with Crippen LogP contribution in [0.5, 0.6) is 0 Å². The van der Waals surface area contributed by atoms with E-state index in [2.05, 4.69) is 16.0 Å². The predicted octanol–water partition coefficient (Wildman–Crippen LogP) is 2.77. The van der Waals surface area contributed by atoms with Gasteiger partial charge in [-0.3, -0.25) is 13.9 Å². The molecule has 2 aliphatic rings. The van der Waals surface area contributed by atoms with E-state index in [1.54, 1.807) is 19.1 Å². The summed E-state index contributed by atoms with van der Waals surface area (Å²) in [6.45, 7) is 3.61. The number of nitrogens with zero attached hydrogens (tertiary/aromatic N) is 1. The summed E-state index contributed by atoms with van der Waals surface area (Å²) in [6, 6.07) is 17.9. The van der Waals surface area contributed by atoms with E-state index < -0.39 is 57.5 Å². The molecular formula is C34H41FN4O7S. The van der Waals surface area contributed by atoms with Crippen molar-refractivity contribution >= 4 is 27.5 Å². The average Bonchev–Trinajstić information content (AvgIpc) is 3.52. The summed E-state index contributed by atoms with van der Waals surface area (Å²) >= 11 is 0. The molecule has 4 N–H and O–H groups in total. The number of hydrogen-bond acceptors (Lipinski definition) is 8. The molecule has 2 fully saturated rings. The first-order valence-corrected chi connectivity index (χ1v) is 17.4. The summed E-state index contributed by atoms with van der Waals surface area (Å²) in [5, 5.41) is 20.9. The lowest BCUT2D eigenvalue weighted by atomic mass is 9.82. The molecule has 0 radical (unpaired) electrons. The van der Waals surface area contributed by atoms with Crippen LogP contribution >= 0.6 is 0 Å². The smallest absolute Gasteiger partial charge is 0.251 e. The minimum atomic E-state index is -3.76. The SMILES string of the molecule is CC(NC(=O)c1cc(C(=O)NC(Cc2ccccc2)C(O)C2CNCCC23OCCO3)cc(N(C)S(C)(=O)=O)c1)c1ccc(F)cc1. The maximum Gasteiger partial charge on any atom is 0.251 e. The Hall–Kier alpha value is -3.88. The van der Waals surface area contributed by atoms with E-state index in [0.717, 1.165) is 16.1 Å². The van der Waals surface area contributed by atoms with Gasteiger partial charge in [0.15, 0.2) is 5.79 Å². The van der Waals surface area contributed by atoms with Crippen LogP contribution in [0.15, 0.2) is 72.8 Å². The third kappa shape index (κ3) is 8.17. The number of sulfonamides is 1. The maximum absolute atomic E-state index is 14.0. The molecule has 3 aromatic carbocycles. The highest BCUT2D eigenvalue weighted by atomic mass is 32.2. The molecule has 47 heavy (non-hydrogen) atoms. The Morgan fingerprint density at radius 1 is 1.02 bits per heavy atom. The summed E-state index contributed by atoms with van der Waals surface area (Å²) in [7, 11) is -2.43. The molecular weight excluding hydrogens is 627 g/mol. The summed E-state index contributed by atoms with van der Waals surface area (Å²) in [4.78, 5) is 27.4. The fraction of sp³-hybridized carbons (Fsp3) is 0.412. The average molecular weight is 669 g/mol. The molecule has 0 saturated carbocycles. The number of aliphatic hydroxyl groups excluding tert-OH is 1. The summed E-state index contributed by atoms with van der Waals surface area (Å²) in [6.07, 6.45) is 0.747. The van der Waals surface area contributed by atoms with Crippen molar-refractivity contribution < 1.29 is 37.0 Å². The molecule has 1 spiro atoms. The van der Waals surface area contributed by atoms with Gasteiger partial charge in [-0.2, -0.15) is 0 Å². The second kappa shape index (κ2) is 14.5. The van der Waals surface area contributed by atoms with Crippen molar-refractivity contribution in [2.45, 2.75) is 43.7 Å². The fourth-order valence-corrected chi connectivity index (χ4v) is 6.58. The van der Waals surface area contributed by atoms with Gasteiger partial charge in [0.1, 0.15) is 5.82 Å². The van der Waals surface area contributed by atoms with Gasteiger partial charge in [-0.25, -0.2) is 12.8 Å². The van der Waals surface area contributed by atoms with Crippen molar-refractivity contribution in [2.75, 3.05) is 43.9 Å². The zero-order valence-electron chi connectivity index (χ0n) is 26.6. The van der Waals surface area contributed by atoms with E-state index in [0.29, 0.717) is 38.3 Å². The van der Waals surface area contributed by atoms with E-state index >= 15 is 0 Å². The molecule has 252 valence electrons. The van der Waals surface area contributed by atoms with Crippen LogP contribution in [0.2, 0.25) is 0 Å². The fourth-order valence-electron chi connectivity index (χ4n) is 6.09. The summed E-state index contributed by atoms with van der Waals surface area (Å²) < 4.78 is 51.5. The number of ether oxygens (including phenoxy) is 2. The summed E-state index contributed by atoms with van der Waals surface area (Å²) in [5.41, 5.74) is 1.70. The zero-order chi connectivity index (χ0) is 33.8. The van der Waals surface area contributed by atoms with E-state index in [1.165, 1.54) is 37.4 Å². The van der Waals surface area contributed by atoms with Crippen LogP contribution in [0.1, 0.15) is 51.2 Å². The first kappa shape index (κ1) is 34.5. The van der Waals surface area contributed by atoms with Gasteiger partial charge in [0, 0.05) is 37.7 Å². The Morgan fingerprint density at radius 3 is 2.26 bits per heavy atom. The van der Waals surface area contributed by atoms with Gasteiger partial charge in [-0.15, -0.1) is 0 Å². The highest BCUT2D eigenvalue weighted by Gasteiger charge is 2.50. The third-order valence-electron chi connectivity index (χ3n) is 8.82. The quantitative estimate of drug-likeness (QED) is 0.244. The van der Waals surface area contributed by atoms with Crippen LogP contribution in [0.3, 0.4) is 0 Å². The topological polar surface area (TPSA) is 146 Å².